The van der Waals surface area contributed by atoms with Gasteiger partial charge in [-0.2, -0.15) is 0 Å². The van der Waals surface area contributed by atoms with E-state index in [4.69, 9.17) is 14.6 Å². The highest BCUT2D eigenvalue weighted by Gasteiger charge is 2.25. The molecule has 0 bridgehead atoms. The zero-order valence-corrected chi connectivity index (χ0v) is 17.7. The molecule has 0 fully saturated rings. The summed E-state index contributed by atoms with van der Waals surface area (Å²) in [6.07, 6.45) is 3.59. The number of amides is 1. The van der Waals surface area contributed by atoms with E-state index in [1.54, 1.807) is 12.1 Å². The second-order valence-corrected chi connectivity index (χ2v) is 7.73. The van der Waals surface area contributed by atoms with Crippen molar-refractivity contribution in [3.05, 3.63) is 66.3 Å². The van der Waals surface area contributed by atoms with Crippen molar-refractivity contribution in [2.75, 3.05) is 25.5 Å². The Labute approximate surface area is 180 Å². The van der Waals surface area contributed by atoms with Crippen LogP contribution in [0.4, 0.5) is 5.69 Å². The predicted octanol–water partition coefficient (Wildman–Crippen LogP) is 2.52. The first-order valence-corrected chi connectivity index (χ1v) is 10.4. The smallest absolute Gasteiger partial charge is 0.328 e. The van der Waals surface area contributed by atoms with E-state index in [-0.39, 0.29) is 39.8 Å². The first-order valence-electron chi connectivity index (χ1n) is 8.91. The maximum atomic E-state index is 13.2. The summed E-state index contributed by atoms with van der Waals surface area (Å²) in [5.41, 5.74) is 0.426. The maximum absolute atomic E-state index is 13.2. The molecule has 2 aromatic rings. The molecule has 0 heterocycles. The van der Waals surface area contributed by atoms with Crippen molar-refractivity contribution in [2.24, 2.45) is 0 Å². The van der Waals surface area contributed by atoms with Crippen LogP contribution in [0.15, 0.2) is 60.0 Å². The minimum atomic E-state index is -4.26. The molecule has 164 valence electrons. The molecule has 3 N–H and O–H groups in total. The SMILES string of the molecule is C=CCNC(=O)c1ccccc1NS(=O)(=O)c1cc(/C=C/C(=O)O)cc(OC)c1OC. The first kappa shape index (κ1) is 23.5. The third-order valence-electron chi connectivity index (χ3n) is 4.00. The largest absolute Gasteiger partial charge is 0.493 e. The van der Waals surface area contributed by atoms with Gasteiger partial charge in [-0.15, -0.1) is 6.58 Å². The number of ether oxygens (including phenoxy) is 2. The van der Waals surface area contributed by atoms with Gasteiger partial charge in [-0.3, -0.25) is 9.52 Å². The van der Waals surface area contributed by atoms with E-state index in [1.807, 2.05) is 0 Å². The molecular weight excluding hydrogens is 424 g/mol. The summed E-state index contributed by atoms with van der Waals surface area (Å²) < 4.78 is 39.2. The van der Waals surface area contributed by atoms with Crippen LogP contribution >= 0.6 is 0 Å². The molecule has 2 aromatic carbocycles. The van der Waals surface area contributed by atoms with Crippen molar-refractivity contribution in [3.63, 3.8) is 0 Å². The van der Waals surface area contributed by atoms with Crippen LogP contribution in [0.25, 0.3) is 6.08 Å². The van der Waals surface area contributed by atoms with Crippen LogP contribution in [0.5, 0.6) is 11.5 Å². The van der Waals surface area contributed by atoms with E-state index in [2.05, 4.69) is 16.6 Å². The van der Waals surface area contributed by atoms with Gasteiger partial charge in [0.15, 0.2) is 11.5 Å². The van der Waals surface area contributed by atoms with Gasteiger partial charge in [-0.05, 0) is 35.9 Å². The fraction of sp³-hybridized carbons (Fsp3) is 0.143. The number of aliphatic carboxylic acids is 1. The van der Waals surface area contributed by atoms with E-state index in [0.29, 0.717) is 0 Å². The van der Waals surface area contributed by atoms with Crippen molar-refractivity contribution in [3.8, 4) is 11.5 Å². The Kier molecular flexibility index (Phi) is 7.81. The Morgan fingerprint density at radius 2 is 1.87 bits per heavy atom. The molecule has 0 aliphatic rings. The average Bonchev–Trinajstić information content (AvgIpc) is 2.75. The molecule has 31 heavy (non-hydrogen) atoms. The Bertz CT molecular complexity index is 1120. The van der Waals surface area contributed by atoms with E-state index in [0.717, 1.165) is 6.08 Å². The predicted molar refractivity (Wildman–Crippen MR) is 116 cm³/mol. The van der Waals surface area contributed by atoms with Gasteiger partial charge in [0.1, 0.15) is 4.90 Å². The van der Waals surface area contributed by atoms with E-state index in [1.165, 1.54) is 50.6 Å². The second kappa shape index (κ2) is 10.3. The number of hydrogen-bond acceptors (Lipinski definition) is 6. The van der Waals surface area contributed by atoms with Crippen molar-refractivity contribution in [2.45, 2.75) is 4.90 Å². The van der Waals surface area contributed by atoms with Gasteiger partial charge in [0, 0.05) is 12.6 Å². The van der Waals surface area contributed by atoms with Crippen LogP contribution in [0.1, 0.15) is 15.9 Å². The number of sulfonamides is 1. The van der Waals surface area contributed by atoms with Crippen LogP contribution < -0.4 is 19.5 Å². The van der Waals surface area contributed by atoms with E-state index in [9.17, 15) is 18.0 Å². The van der Waals surface area contributed by atoms with Crippen LogP contribution in [0.2, 0.25) is 0 Å². The van der Waals surface area contributed by atoms with Crippen LogP contribution in [-0.2, 0) is 14.8 Å². The summed E-state index contributed by atoms with van der Waals surface area (Å²) >= 11 is 0. The number of methoxy groups -OCH3 is 2. The Balaban J connectivity index is 2.55. The summed E-state index contributed by atoms with van der Waals surface area (Å²) in [6, 6.07) is 8.77. The highest BCUT2D eigenvalue weighted by atomic mass is 32.2. The summed E-state index contributed by atoms with van der Waals surface area (Å²) in [7, 11) is -1.66. The first-order chi connectivity index (χ1) is 14.7. The Hall–Kier alpha value is -3.79. The molecule has 0 saturated carbocycles. The lowest BCUT2D eigenvalue weighted by Gasteiger charge is -2.17. The topological polar surface area (TPSA) is 131 Å². The Morgan fingerprint density at radius 1 is 1.16 bits per heavy atom. The molecule has 0 radical (unpaired) electrons. The lowest BCUT2D eigenvalue weighted by Crippen LogP contribution is -2.25. The molecule has 0 unspecified atom stereocenters. The lowest BCUT2D eigenvalue weighted by molar-refractivity contribution is -0.131. The third-order valence-corrected chi connectivity index (χ3v) is 5.37. The molecule has 0 atom stereocenters. The minimum Gasteiger partial charge on any atom is -0.493 e. The quantitative estimate of drug-likeness (QED) is 0.377. The van der Waals surface area contributed by atoms with Crippen molar-refractivity contribution in [1.82, 2.24) is 5.32 Å². The fourth-order valence-electron chi connectivity index (χ4n) is 2.64. The molecule has 0 aliphatic heterocycles. The monoisotopic (exact) mass is 446 g/mol. The van der Waals surface area contributed by atoms with Gasteiger partial charge in [0.2, 0.25) is 0 Å². The highest BCUT2D eigenvalue weighted by molar-refractivity contribution is 7.92. The molecule has 0 aromatic heterocycles. The van der Waals surface area contributed by atoms with Gasteiger partial charge >= 0.3 is 5.97 Å². The van der Waals surface area contributed by atoms with Gasteiger partial charge < -0.3 is 19.9 Å². The van der Waals surface area contributed by atoms with Gasteiger partial charge in [-0.1, -0.05) is 18.2 Å². The van der Waals surface area contributed by atoms with E-state index < -0.39 is 21.9 Å². The number of carboxylic acid groups (broad SMARTS) is 1. The molecule has 10 heteroatoms. The highest BCUT2D eigenvalue weighted by Crippen LogP contribution is 2.37. The number of rotatable bonds is 10. The van der Waals surface area contributed by atoms with Crippen LogP contribution in [-0.4, -0.2) is 46.2 Å². The molecule has 0 aliphatic carbocycles. The zero-order chi connectivity index (χ0) is 23.0. The van der Waals surface area contributed by atoms with Gasteiger partial charge in [0.25, 0.3) is 15.9 Å². The third kappa shape index (κ3) is 5.86. The lowest BCUT2D eigenvalue weighted by atomic mass is 10.1. The number of para-hydroxylation sites is 1. The number of nitrogens with one attached hydrogen (secondary N) is 2. The molecular formula is C21H22N2O7S. The summed E-state index contributed by atoms with van der Waals surface area (Å²) in [6.45, 7) is 3.73. The summed E-state index contributed by atoms with van der Waals surface area (Å²) in [5, 5.41) is 11.4. The maximum Gasteiger partial charge on any atom is 0.328 e. The molecule has 0 spiro atoms. The molecule has 1 amide bonds. The second-order valence-electron chi connectivity index (χ2n) is 6.08. The minimum absolute atomic E-state index is 0.0524. The number of anilines is 1. The van der Waals surface area contributed by atoms with Crippen molar-refractivity contribution < 1.29 is 32.6 Å². The number of carbonyl (C=O) groups is 2. The number of carbonyl (C=O) groups excluding carboxylic acids is 1. The molecule has 9 nitrogen and oxygen atoms in total. The Morgan fingerprint density at radius 3 is 2.48 bits per heavy atom. The number of carboxylic acids is 1. The zero-order valence-electron chi connectivity index (χ0n) is 16.9. The number of hydrogen-bond donors (Lipinski definition) is 3. The van der Waals surface area contributed by atoms with E-state index >= 15 is 0 Å². The fourth-order valence-corrected chi connectivity index (χ4v) is 3.94. The van der Waals surface area contributed by atoms with Crippen LogP contribution in [0, 0.1) is 0 Å². The van der Waals surface area contributed by atoms with Crippen molar-refractivity contribution >= 4 is 33.7 Å². The van der Waals surface area contributed by atoms with Crippen LogP contribution in [0.3, 0.4) is 0 Å². The number of benzene rings is 2. The molecule has 0 saturated heterocycles. The standard InChI is InChI=1S/C21H22N2O7S/c1-4-11-22-21(26)15-7-5-6-8-16(15)23-31(27,28)18-13-14(9-10-19(24)25)12-17(29-2)20(18)30-3/h4-10,12-13,23H,1,11H2,2-3H3,(H,22,26)(H,24,25)/b10-9+. The van der Waals surface area contributed by atoms with Crippen molar-refractivity contribution in [1.29, 1.82) is 0 Å². The average molecular weight is 446 g/mol. The normalized spacial score (nSPS) is 11.0. The van der Waals surface area contributed by atoms with Gasteiger partial charge in [0.05, 0.1) is 25.5 Å². The van der Waals surface area contributed by atoms with Gasteiger partial charge in [-0.25, -0.2) is 13.2 Å². The summed E-state index contributed by atoms with van der Waals surface area (Å²) in [4.78, 5) is 22.9. The summed E-state index contributed by atoms with van der Waals surface area (Å²) in [5.74, 6) is -1.67. The molecule has 2 rings (SSSR count).